The molecule has 3 aromatic rings. The van der Waals surface area contributed by atoms with E-state index in [1.165, 1.54) is 0 Å². The van der Waals surface area contributed by atoms with Crippen molar-refractivity contribution in [3.05, 3.63) is 36.4 Å². The van der Waals surface area contributed by atoms with Crippen molar-refractivity contribution in [1.82, 2.24) is 35.1 Å². The molecule has 3 aromatic heterocycles. The maximum Gasteiger partial charge on any atom is 0.251 e. The van der Waals surface area contributed by atoms with E-state index in [2.05, 4.69) is 46.7 Å². The predicted molar refractivity (Wildman–Crippen MR) is 158 cm³/mol. The summed E-state index contributed by atoms with van der Waals surface area (Å²) in [5, 5.41) is 31.0. The Bertz CT molecular complexity index is 1410. The normalized spacial score (nSPS) is 24.2. The Morgan fingerprint density at radius 2 is 1.86 bits per heavy atom. The third-order valence-electron chi connectivity index (χ3n) is 8.00. The van der Waals surface area contributed by atoms with Gasteiger partial charge in [-0.05, 0) is 36.8 Å². The van der Waals surface area contributed by atoms with Crippen molar-refractivity contribution in [3.63, 3.8) is 0 Å². The molecule has 2 amide bonds. The first-order valence-corrected chi connectivity index (χ1v) is 14.6. The van der Waals surface area contributed by atoms with Gasteiger partial charge in [0.15, 0.2) is 17.0 Å². The molecule has 5 N–H and O–H groups in total. The number of rotatable bonds is 9. The van der Waals surface area contributed by atoms with E-state index in [-0.39, 0.29) is 29.7 Å². The summed E-state index contributed by atoms with van der Waals surface area (Å²) in [6, 6.07) is 2.17. The van der Waals surface area contributed by atoms with E-state index in [1.54, 1.807) is 42.3 Å². The van der Waals surface area contributed by atoms with Gasteiger partial charge in [-0.3, -0.25) is 14.6 Å². The molecule has 0 unspecified atom stereocenters. The lowest BCUT2D eigenvalue weighted by Gasteiger charge is -2.21. The molecule has 1 aliphatic carbocycles. The molecule has 0 bridgehead atoms. The molecule has 0 aromatic carbocycles. The van der Waals surface area contributed by atoms with Crippen molar-refractivity contribution in [2.24, 2.45) is 5.41 Å². The number of aromatic nitrogens is 5. The SMILES string of the molecule is CCC(=O)N[C@H]1C[C@@H](n2cnc3c(NCCC(C)(C)C)nc(N4CC[C@@H](NC(=O)c5ccncc5)C4)nc32)[C@H](O)[C@@H]1O. The van der Waals surface area contributed by atoms with Gasteiger partial charge in [0.2, 0.25) is 11.9 Å². The van der Waals surface area contributed by atoms with Crippen molar-refractivity contribution in [2.45, 2.75) is 83.7 Å². The van der Waals surface area contributed by atoms with Crippen LogP contribution in [0.3, 0.4) is 0 Å². The topological polar surface area (TPSA) is 170 Å². The number of nitrogens with one attached hydrogen (secondary N) is 3. The zero-order valence-electron chi connectivity index (χ0n) is 24.6. The van der Waals surface area contributed by atoms with E-state index < -0.39 is 24.3 Å². The van der Waals surface area contributed by atoms with Gasteiger partial charge in [0, 0.05) is 50.1 Å². The number of carbonyl (C=O) groups excluding carboxylic acids is 2. The standard InChI is InChI=1S/C29H41N9O4/c1-5-21(39)34-19-14-20(24(41)23(19)40)38-16-32-22-25(31-12-9-29(2,3)4)35-28(36-26(22)38)37-13-8-18(15-37)33-27(42)17-6-10-30-11-7-17/h6-7,10-11,16,18-20,23-24,40-41H,5,8-9,12-15H2,1-4H3,(H,33,42)(H,34,39)(H,31,35,36)/t18-,19+,20-,23-,24+/m1/s1. The zero-order chi connectivity index (χ0) is 30.0. The van der Waals surface area contributed by atoms with Crippen LogP contribution in [0.15, 0.2) is 30.9 Å². The second-order valence-corrected chi connectivity index (χ2v) is 12.4. The number of aliphatic hydroxyl groups is 2. The lowest BCUT2D eigenvalue weighted by atomic mass is 9.92. The summed E-state index contributed by atoms with van der Waals surface area (Å²) >= 11 is 0. The molecule has 1 aliphatic heterocycles. The largest absolute Gasteiger partial charge is 0.388 e. The van der Waals surface area contributed by atoms with Gasteiger partial charge in [-0.15, -0.1) is 0 Å². The van der Waals surface area contributed by atoms with Gasteiger partial charge < -0.3 is 35.6 Å². The average Bonchev–Trinajstić information content (AvgIpc) is 3.67. The van der Waals surface area contributed by atoms with Crippen molar-refractivity contribution in [2.75, 3.05) is 29.9 Å². The van der Waals surface area contributed by atoms with E-state index in [1.807, 2.05) is 4.90 Å². The highest BCUT2D eigenvalue weighted by Gasteiger charge is 2.44. The summed E-state index contributed by atoms with van der Waals surface area (Å²) in [5.74, 6) is 0.747. The minimum Gasteiger partial charge on any atom is -0.388 e. The molecule has 13 nitrogen and oxygen atoms in total. The fourth-order valence-corrected chi connectivity index (χ4v) is 5.54. The molecule has 5 atom stereocenters. The maximum atomic E-state index is 12.7. The molecule has 1 saturated heterocycles. The molecule has 2 fully saturated rings. The second-order valence-electron chi connectivity index (χ2n) is 12.4. The Balaban J connectivity index is 1.41. The average molecular weight is 580 g/mol. The van der Waals surface area contributed by atoms with Gasteiger partial charge in [-0.25, -0.2) is 4.98 Å². The van der Waals surface area contributed by atoms with Crippen LogP contribution in [0.25, 0.3) is 11.2 Å². The molecule has 4 heterocycles. The molecule has 42 heavy (non-hydrogen) atoms. The minimum absolute atomic E-state index is 0.0816. The van der Waals surface area contributed by atoms with Crippen LogP contribution in [0.4, 0.5) is 11.8 Å². The van der Waals surface area contributed by atoms with E-state index in [0.29, 0.717) is 54.5 Å². The Hall–Kier alpha value is -3.84. The van der Waals surface area contributed by atoms with Crippen LogP contribution in [0.1, 0.15) is 69.8 Å². The first kappa shape index (κ1) is 29.6. The van der Waals surface area contributed by atoms with Crippen LogP contribution in [-0.2, 0) is 4.79 Å². The zero-order valence-corrected chi connectivity index (χ0v) is 24.6. The highest BCUT2D eigenvalue weighted by Crippen LogP contribution is 2.35. The minimum atomic E-state index is -1.11. The van der Waals surface area contributed by atoms with Gasteiger partial charge in [0.25, 0.3) is 5.91 Å². The van der Waals surface area contributed by atoms with E-state index in [0.717, 1.165) is 12.8 Å². The quantitative estimate of drug-likeness (QED) is 0.251. The van der Waals surface area contributed by atoms with Gasteiger partial charge >= 0.3 is 0 Å². The summed E-state index contributed by atoms with van der Waals surface area (Å²) < 4.78 is 1.78. The third-order valence-corrected chi connectivity index (χ3v) is 8.00. The summed E-state index contributed by atoms with van der Waals surface area (Å²) in [6.45, 7) is 10.1. The highest BCUT2D eigenvalue weighted by molar-refractivity contribution is 5.94. The fraction of sp³-hybridized carbons (Fsp3) is 0.586. The van der Waals surface area contributed by atoms with Crippen molar-refractivity contribution in [3.8, 4) is 0 Å². The summed E-state index contributed by atoms with van der Waals surface area (Å²) in [5.41, 5.74) is 1.78. The summed E-state index contributed by atoms with van der Waals surface area (Å²) in [4.78, 5) is 45.1. The van der Waals surface area contributed by atoms with Crippen molar-refractivity contribution < 1.29 is 19.8 Å². The highest BCUT2D eigenvalue weighted by atomic mass is 16.3. The molecule has 1 saturated carbocycles. The summed E-state index contributed by atoms with van der Waals surface area (Å²) in [6.07, 6.45) is 4.84. The Morgan fingerprint density at radius 3 is 2.57 bits per heavy atom. The number of imidazole rings is 1. The third kappa shape index (κ3) is 6.46. The molecule has 226 valence electrons. The smallest absolute Gasteiger partial charge is 0.251 e. The Labute approximate surface area is 245 Å². The first-order valence-electron chi connectivity index (χ1n) is 14.6. The van der Waals surface area contributed by atoms with Gasteiger partial charge in [-0.1, -0.05) is 27.7 Å². The Morgan fingerprint density at radius 1 is 1.10 bits per heavy atom. The maximum absolute atomic E-state index is 12.7. The van der Waals surface area contributed by atoms with E-state index in [4.69, 9.17) is 9.97 Å². The van der Waals surface area contributed by atoms with Crippen molar-refractivity contribution >= 4 is 34.7 Å². The molecular weight excluding hydrogens is 538 g/mol. The van der Waals surface area contributed by atoms with E-state index >= 15 is 0 Å². The fourth-order valence-electron chi connectivity index (χ4n) is 5.54. The molecular formula is C29H41N9O4. The molecule has 5 rings (SSSR count). The van der Waals surface area contributed by atoms with Crippen LogP contribution < -0.4 is 20.9 Å². The monoisotopic (exact) mass is 579 g/mol. The van der Waals surface area contributed by atoms with Gasteiger partial charge in [0.1, 0.15) is 12.2 Å². The molecule has 0 radical (unpaired) electrons. The number of anilines is 2. The number of hydrogen-bond acceptors (Lipinski definition) is 10. The van der Waals surface area contributed by atoms with Gasteiger partial charge in [0.05, 0.1) is 18.4 Å². The van der Waals surface area contributed by atoms with Crippen LogP contribution in [0.2, 0.25) is 0 Å². The number of nitrogens with zero attached hydrogens (tertiary/aromatic N) is 6. The number of pyridine rings is 1. The predicted octanol–water partition coefficient (Wildman–Crippen LogP) is 1.64. The van der Waals surface area contributed by atoms with Crippen LogP contribution in [-0.4, -0.2) is 90.5 Å². The number of fused-ring (bicyclic) bond motifs is 1. The first-order chi connectivity index (χ1) is 20.0. The number of amides is 2. The number of hydrogen-bond donors (Lipinski definition) is 5. The molecule has 2 aliphatic rings. The van der Waals surface area contributed by atoms with Crippen LogP contribution in [0, 0.1) is 5.41 Å². The number of carbonyl (C=O) groups is 2. The van der Waals surface area contributed by atoms with E-state index in [9.17, 15) is 19.8 Å². The van der Waals surface area contributed by atoms with Crippen molar-refractivity contribution in [1.29, 1.82) is 0 Å². The lowest BCUT2D eigenvalue weighted by Crippen LogP contribution is -2.42. The summed E-state index contributed by atoms with van der Waals surface area (Å²) in [7, 11) is 0. The van der Waals surface area contributed by atoms with Crippen LogP contribution >= 0.6 is 0 Å². The molecule has 13 heteroatoms. The second kappa shape index (κ2) is 12.2. The molecule has 0 spiro atoms. The van der Waals surface area contributed by atoms with Gasteiger partial charge in [-0.2, -0.15) is 9.97 Å². The Kier molecular flexibility index (Phi) is 8.60. The van der Waals surface area contributed by atoms with Crippen LogP contribution in [0.5, 0.6) is 0 Å². The lowest BCUT2D eigenvalue weighted by molar-refractivity contribution is -0.122. The number of aliphatic hydroxyl groups excluding tert-OH is 2.